The lowest BCUT2D eigenvalue weighted by Crippen LogP contribution is -2.49. The number of carbonyl (C=O) groups excluding carboxylic acids is 1. The van der Waals surface area contributed by atoms with Crippen LogP contribution in [0.25, 0.3) is 0 Å². The standard InChI is InChI=1S/C11H23N3O.2ClH/c1-11(2,12)10(15)13-6-5-9-14-7-3-4-8-14;;/h3-9,12H2,1-2H3,(H,13,15);2*1H. The molecular weight excluding hydrogens is 261 g/mol. The fourth-order valence-electron chi connectivity index (χ4n) is 1.74. The molecule has 1 saturated heterocycles. The fraction of sp³-hybridized carbons (Fsp3) is 0.909. The van der Waals surface area contributed by atoms with Gasteiger partial charge < -0.3 is 16.0 Å². The smallest absolute Gasteiger partial charge is 0.239 e. The number of nitrogens with zero attached hydrogens (tertiary/aromatic N) is 1. The largest absolute Gasteiger partial charge is 0.354 e. The molecule has 0 aromatic heterocycles. The zero-order valence-electron chi connectivity index (χ0n) is 10.7. The van der Waals surface area contributed by atoms with Crippen LogP contribution in [0.5, 0.6) is 0 Å². The van der Waals surface area contributed by atoms with Crippen molar-refractivity contribution in [2.24, 2.45) is 5.73 Å². The van der Waals surface area contributed by atoms with Gasteiger partial charge in [0.05, 0.1) is 5.54 Å². The van der Waals surface area contributed by atoms with E-state index in [0.29, 0.717) is 0 Å². The van der Waals surface area contributed by atoms with Gasteiger partial charge >= 0.3 is 0 Å². The third-order valence-electron chi connectivity index (χ3n) is 2.72. The number of rotatable bonds is 5. The molecule has 0 aromatic carbocycles. The van der Waals surface area contributed by atoms with Gasteiger partial charge in [-0.25, -0.2) is 0 Å². The number of hydrogen-bond donors (Lipinski definition) is 2. The van der Waals surface area contributed by atoms with Gasteiger partial charge in [-0.2, -0.15) is 0 Å². The molecule has 1 fully saturated rings. The van der Waals surface area contributed by atoms with Crippen molar-refractivity contribution in [1.82, 2.24) is 10.2 Å². The summed E-state index contributed by atoms with van der Waals surface area (Å²) in [5.74, 6) is -0.0658. The van der Waals surface area contributed by atoms with Crippen molar-refractivity contribution in [2.45, 2.75) is 38.6 Å². The number of nitrogens with one attached hydrogen (secondary N) is 1. The maximum absolute atomic E-state index is 11.4. The Morgan fingerprint density at radius 1 is 1.29 bits per heavy atom. The molecule has 0 radical (unpaired) electrons. The summed E-state index contributed by atoms with van der Waals surface area (Å²) in [5, 5.41) is 2.86. The van der Waals surface area contributed by atoms with E-state index in [0.717, 1.165) is 19.5 Å². The molecule has 1 heterocycles. The second-order valence-corrected chi connectivity index (χ2v) is 4.88. The Balaban J connectivity index is 0. The molecule has 0 aliphatic carbocycles. The van der Waals surface area contributed by atoms with Crippen LogP contribution in [0.3, 0.4) is 0 Å². The van der Waals surface area contributed by atoms with E-state index in [1.807, 2.05) is 0 Å². The third-order valence-corrected chi connectivity index (χ3v) is 2.72. The van der Waals surface area contributed by atoms with E-state index in [9.17, 15) is 4.79 Å². The van der Waals surface area contributed by atoms with Crippen molar-refractivity contribution >= 4 is 30.7 Å². The maximum atomic E-state index is 11.4. The zero-order valence-corrected chi connectivity index (χ0v) is 12.3. The molecule has 0 unspecified atom stereocenters. The third kappa shape index (κ3) is 7.82. The van der Waals surface area contributed by atoms with E-state index in [2.05, 4.69) is 10.2 Å². The van der Waals surface area contributed by atoms with Crippen molar-refractivity contribution in [3.8, 4) is 0 Å². The van der Waals surface area contributed by atoms with Crippen LogP contribution >= 0.6 is 24.8 Å². The maximum Gasteiger partial charge on any atom is 0.239 e. The molecular formula is C11H25Cl2N3O. The molecule has 0 saturated carbocycles. The number of halogens is 2. The molecule has 1 aliphatic rings. The summed E-state index contributed by atoms with van der Waals surface area (Å²) in [6.45, 7) is 7.71. The van der Waals surface area contributed by atoms with Gasteiger partial charge in [-0.05, 0) is 52.7 Å². The Morgan fingerprint density at radius 2 is 1.82 bits per heavy atom. The van der Waals surface area contributed by atoms with E-state index >= 15 is 0 Å². The van der Waals surface area contributed by atoms with Crippen LogP contribution in [0.15, 0.2) is 0 Å². The predicted octanol–water partition coefficient (Wildman–Crippen LogP) is 1.17. The number of nitrogens with two attached hydrogens (primary N) is 1. The first-order valence-corrected chi connectivity index (χ1v) is 5.80. The molecule has 0 spiro atoms. The molecule has 104 valence electrons. The van der Waals surface area contributed by atoms with Gasteiger partial charge in [-0.1, -0.05) is 0 Å². The van der Waals surface area contributed by atoms with Crippen molar-refractivity contribution in [2.75, 3.05) is 26.2 Å². The van der Waals surface area contributed by atoms with Gasteiger partial charge in [0.25, 0.3) is 0 Å². The first kappa shape index (κ1) is 19.3. The highest BCUT2D eigenvalue weighted by atomic mass is 35.5. The summed E-state index contributed by atoms with van der Waals surface area (Å²) in [6, 6.07) is 0. The Hall–Kier alpha value is -0.0300. The van der Waals surface area contributed by atoms with Gasteiger partial charge in [-0.15, -0.1) is 24.8 Å². The topological polar surface area (TPSA) is 58.4 Å². The van der Waals surface area contributed by atoms with Crippen LogP contribution in [-0.2, 0) is 4.79 Å². The van der Waals surface area contributed by atoms with Crippen LogP contribution in [0.4, 0.5) is 0 Å². The average Bonchev–Trinajstić information content (AvgIpc) is 2.63. The van der Waals surface area contributed by atoms with Crippen LogP contribution < -0.4 is 11.1 Å². The number of amides is 1. The Morgan fingerprint density at radius 3 is 2.29 bits per heavy atom. The molecule has 1 rings (SSSR count). The van der Waals surface area contributed by atoms with E-state index in [4.69, 9.17) is 5.73 Å². The normalized spacial score (nSPS) is 15.9. The fourth-order valence-corrected chi connectivity index (χ4v) is 1.74. The van der Waals surface area contributed by atoms with Gasteiger partial charge in [-0.3, -0.25) is 4.79 Å². The lowest BCUT2D eigenvalue weighted by atomic mass is 10.1. The molecule has 0 aromatic rings. The molecule has 4 nitrogen and oxygen atoms in total. The summed E-state index contributed by atoms with van der Waals surface area (Å²) in [7, 11) is 0. The molecule has 0 bridgehead atoms. The molecule has 3 N–H and O–H groups in total. The highest BCUT2D eigenvalue weighted by Gasteiger charge is 2.20. The predicted molar refractivity (Wildman–Crippen MR) is 76.1 cm³/mol. The number of hydrogen-bond acceptors (Lipinski definition) is 3. The molecule has 1 aliphatic heterocycles. The first-order valence-electron chi connectivity index (χ1n) is 5.80. The lowest BCUT2D eigenvalue weighted by Gasteiger charge is -2.19. The van der Waals surface area contributed by atoms with Crippen LogP contribution in [-0.4, -0.2) is 42.5 Å². The van der Waals surface area contributed by atoms with E-state index in [1.165, 1.54) is 25.9 Å². The monoisotopic (exact) mass is 285 g/mol. The van der Waals surface area contributed by atoms with Gasteiger partial charge in [0.1, 0.15) is 0 Å². The molecule has 17 heavy (non-hydrogen) atoms. The van der Waals surface area contributed by atoms with Crippen molar-refractivity contribution in [1.29, 1.82) is 0 Å². The van der Waals surface area contributed by atoms with Gasteiger partial charge in [0.15, 0.2) is 0 Å². The summed E-state index contributed by atoms with van der Waals surface area (Å²) in [5.41, 5.74) is 4.90. The Kier molecular flexibility index (Phi) is 10.2. The van der Waals surface area contributed by atoms with E-state index < -0.39 is 5.54 Å². The molecule has 6 heteroatoms. The first-order chi connectivity index (χ1) is 7.00. The Bertz CT molecular complexity index is 213. The molecule has 1 amide bonds. The van der Waals surface area contributed by atoms with Gasteiger partial charge in [0.2, 0.25) is 5.91 Å². The van der Waals surface area contributed by atoms with Crippen molar-refractivity contribution in [3.63, 3.8) is 0 Å². The van der Waals surface area contributed by atoms with Crippen LogP contribution in [0.1, 0.15) is 33.1 Å². The van der Waals surface area contributed by atoms with E-state index in [-0.39, 0.29) is 30.7 Å². The second kappa shape index (κ2) is 8.97. The minimum Gasteiger partial charge on any atom is -0.354 e. The number of carbonyl (C=O) groups is 1. The summed E-state index contributed by atoms with van der Waals surface area (Å²) >= 11 is 0. The summed E-state index contributed by atoms with van der Waals surface area (Å²) < 4.78 is 0. The van der Waals surface area contributed by atoms with Crippen molar-refractivity contribution in [3.05, 3.63) is 0 Å². The highest BCUT2D eigenvalue weighted by Crippen LogP contribution is 2.06. The summed E-state index contributed by atoms with van der Waals surface area (Å²) in [4.78, 5) is 13.9. The van der Waals surface area contributed by atoms with E-state index in [1.54, 1.807) is 13.8 Å². The van der Waals surface area contributed by atoms with Crippen molar-refractivity contribution < 1.29 is 4.79 Å². The zero-order chi connectivity index (χ0) is 11.3. The number of likely N-dealkylation sites (tertiary alicyclic amines) is 1. The quantitative estimate of drug-likeness (QED) is 0.746. The Labute approximate surface area is 117 Å². The van der Waals surface area contributed by atoms with Gasteiger partial charge in [0, 0.05) is 6.54 Å². The SMILES string of the molecule is CC(C)(N)C(=O)NCCCN1CCCC1.Cl.Cl. The second-order valence-electron chi connectivity index (χ2n) is 4.88. The molecule has 0 atom stereocenters. The average molecular weight is 286 g/mol. The summed E-state index contributed by atoms with van der Waals surface area (Å²) in [6.07, 6.45) is 3.66. The minimum atomic E-state index is -0.756. The highest BCUT2D eigenvalue weighted by molar-refractivity contribution is 5.85. The van der Waals surface area contributed by atoms with Crippen LogP contribution in [0.2, 0.25) is 0 Å². The lowest BCUT2D eigenvalue weighted by molar-refractivity contribution is -0.125. The van der Waals surface area contributed by atoms with Crippen LogP contribution in [0, 0.1) is 0 Å². The minimum absolute atomic E-state index is 0.